The van der Waals surface area contributed by atoms with Gasteiger partial charge in [0.2, 0.25) is 0 Å². The van der Waals surface area contributed by atoms with E-state index in [9.17, 15) is 0 Å². The number of halogens is 1. The summed E-state index contributed by atoms with van der Waals surface area (Å²) in [7, 11) is 0. The van der Waals surface area contributed by atoms with E-state index in [0.29, 0.717) is 0 Å². The summed E-state index contributed by atoms with van der Waals surface area (Å²) in [6.45, 7) is 3.30. The van der Waals surface area contributed by atoms with Gasteiger partial charge in [-0.1, -0.05) is 26.2 Å². The Morgan fingerprint density at radius 1 is 1.33 bits per heavy atom. The van der Waals surface area contributed by atoms with Gasteiger partial charge in [0.1, 0.15) is 0 Å². The Morgan fingerprint density at radius 3 is 2.94 bits per heavy atom. The summed E-state index contributed by atoms with van der Waals surface area (Å²) in [5.74, 6) is 0.813. The summed E-state index contributed by atoms with van der Waals surface area (Å²) in [5, 5.41) is 3.63. The Bertz CT molecular complexity index is 367. The molecule has 0 saturated heterocycles. The Kier molecular flexibility index (Phi) is 5.64. The van der Waals surface area contributed by atoms with E-state index in [1.54, 1.807) is 0 Å². The zero-order valence-corrected chi connectivity index (χ0v) is 12.7. The first-order valence-electron chi connectivity index (χ1n) is 7.10. The molecule has 1 aliphatic rings. The van der Waals surface area contributed by atoms with Crippen LogP contribution in [0.1, 0.15) is 44.6 Å². The molecule has 2 rings (SSSR count). The van der Waals surface area contributed by atoms with Crippen LogP contribution in [0.4, 0.5) is 0 Å². The van der Waals surface area contributed by atoms with Gasteiger partial charge in [0.05, 0.1) is 0 Å². The van der Waals surface area contributed by atoms with Crippen molar-refractivity contribution in [1.82, 2.24) is 10.3 Å². The van der Waals surface area contributed by atoms with Crippen LogP contribution < -0.4 is 5.32 Å². The molecular weight excluding hydrogens is 288 g/mol. The van der Waals surface area contributed by atoms with E-state index in [1.807, 2.05) is 12.4 Å². The van der Waals surface area contributed by atoms with E-state index >= 15 is 0 Å². The van der Waals surface area contributed by atoms with Crippen molar-refractivity contribution in [3.63, 3.8) is 0 Å². The fraction of sp³-hybridized carbons (Fsp3) is 0.667. The van der Waals surface area contributed by atoms with Crippen LogP contribution in [0.3, 0.4) is 0 Å². The predicted molar refractivity (Wildman–Crippen MR) is 79.7 cm³/mol. The first-order valence-corrected chi connectivity index (χ1v) is 7.90. The van der Waals surface area contributed by atoms with Gasteiger partial charge >= 0.3 is 0 Å². The molecule has 18 heavy (non-hydrogen) atoms. The number of nitrogens with one attached hydrogen (secondary N) is 1. The topological polar surface area (TPSA) is 24.9 Å². The molecule has 2 atom stereocenters. The zero-order chi connectivity index (χ0) is 12.8. The predicted octanol–water partition coefficient (Wildman–Crippen LogP) is 3.95. The van der Waals surface area contributed by atoms with Crippen molar-refractivity contribution in [2.45, 2.75) is 51.5 Å². The Labute approximate surface area is 119 Å². The highest BCUT2D eigenvalue weighted by atomic mass is 79.9. The van der Waals surface area contributed by atoms with Crippen molar-refractivity contribution in [3.8, 4) is 0 Å². The number of aromatic nitrogens is 1. The maximum atomic E-state index is 4.27. The summed E-state index contributed by atoms with van der Waals surface area (Å²) in [5.41, 5.74) is 1.37. The fourth-order valence-corrected chi connectivity index (χ4v) is 3.43. The quantitative estimate of drug-likeness (QED) is 0.852. The Morgan fingerprint density at radius 2 is 2.17 bits per heavy atom. The van der Waals surface area contributed by atoms with Crippen molar-refractivity contribution in [2.24, 2.45) is 5.92 Å². The van der Waals surface area contributed by atoms with Gasteiger partial charge < -0.3 is 5.32 Å². The number of nitrogens with zero attached hydrogens (tertiary/aromatic N) is 1. The van der Waals surface area contributed by atoms with E-state index in [0.717, 1.165) is 23.0 Å². The van der Waals surface area contributed by atoms with Crippen LogP contribution in [0.2, 0.25) is 0 Å². The standard InChI is InChI=1S/C15H23BrN2/c1-2-18-15-6-4-3-5-12(9-15)7-13-8-14(16)11-17-10-13/h8,10-12,15,18H,2-7,9H2,1H3. The maximum absolute atomic E-state index is 4.27. The Balaban J connectivity index is 1.94. The number of hydrogen-bond acceptors (Lipinski definition) is 2. The molecule has 1 aliphatic carbocycles. The molecule has 3 heteroatoms. The highest BCUT2D eigenvalue weighted by Gasteiger charge is 2.19. The van der Waals surface area contributed by atoms with E-state index < -0.39 is 0 Å². The number of pyridine rings is 1. The largest absolute Gasteiger partial charge is 0.314 e. The third-order valence-corrected chi connectivity index (χ3v) is 4.25. The van der Waals surface area contributed by atoms with Gasteiger partial charge in [-0.05, 0) is 59.3 Å². The van der Waals surface area contributed by atoms with Gasteiger partial charge in [-0.15, -0.1) is 0 Å². The molecule has 1 aromatic rings. The minimum absolute atomic E-state index is 0.725. The molecule has 1 fully saturated rings. The van der Waals surface area contributed by atoms with Crippen LogP contribution in [0, 0.1) is 5.92 Å². The number of rotatable bonds is 4. The first kappa shape index (κ1) is 14.0. The Hall–Kier alpha value is -0.410. The third kappa shape index (κ3) is 4.36. The molecule has 1 heterocycles. The average molecular weight is 311 g/mol. The van der Waals surface area contributed by atoms with E-state index in [-0.39, 0.29) is 0 Å². The molecule has 0 amide bonds. The van der Waals surface area contributed by atoms with Gasteiger partial charge in [-0.3, -0.25) is 4.98 Å². The monoisotopic (exact) mass is 310 g/mol. The summed E-state index contributed by atoms with van der Waals surface area (Å²) < 4.78 is 1.09. The normalized spacial score (nSPS) is 24.8. The van der Waals surface area contributed by atoms with Crippen LogP contribution in [0.25, 0.3) is 0 Å². The summed E-state index contributed by atoms with van der Waals surface area (Å²) in [6.07, 6.45) is 11.8. The molecule has 1 aromatic heterocycles. The summed E-state index contributed by atoms with van der Waals surface area (Å²) in [4.78, 5) is 4.27. The molecule has 0 aromatic carbocycles. The third-order valence-electron chi connectivity index (χ3n) is 3.81. The van der Waals surface area contributed by atoms with Crippen LogP contribution in [0.5, 0.6) is 0 Å². The molecule has 0 bridgehead atoms. The second-order valence-corrected chi connectivity index (χ2v) is 6.27. The van der Waals surface area contributed by atoms with Gasteiger partial charge in [-0.25, -0.2) is 0 Å². The summed E-state index contributed by atoms with van der Waals surface area (Å²) in [6, 6.07) is 2.93. The minimum atomic E-state index is 0.725. The fourth-order valence-electron chi connectivity index (χ4n) is 3.02. The minimum Gasteiger partial charge on any atom is -0.314 e. The molecule has 2 nitrogen and oxygen atoms in total. The molecule has 0 radical (unpaired) electrons. The SMILES string of the molecule is CCNC1CCCCC(Cc2cncc(Br)c2)C1. The van der Waals surface area contributed by atoms with Crippen molar-refractivity contribution in [2.75, 3.05) is 6.54 Å². The van der Waals surface area contributed by atoms with Crippen molar-refractivity contribution < 1.29 is 0 Å². The molecular formula is C15H23BrN2. The lowest BCUT2D eigenvalue weighted by Gasteiger charge is -2.20. The van der Waals surface area contributed by atoms with Crippen LogP contribution in [-0.4, -0.2) is 17.6 Å². The van der Waals surface area contributed by atoms with E-state index in [2.05, 4.69) is 39.2 Å². The first-order chi connectivity index (χ1) is 8.78. The maximum Gasteiger partial charge on any atom is 0.0410 e. The molecule has 1 saturated carbocycles. The van der Waals surface area contributed by atoms with Crippen LogP contribution in [-0.2, 0) is 6.42 Å². The second-order valence-electron chi connectivity index (χ2n) is 5.36. The lowest BCUT2D eigenvalue weighted by Crippen LogP contribution is -2.30. The lowest BCUT2D eigenvalue weighted by molar-refractivity contribution is 0.389. The van der Waals surface area contributed by atoms with Gasteiger partial charge in [-0.2, -0.15) is 0 Å². The van der Waals surface area contributed by atoms with Crippen molar-refractivity contribution in [1.29, 1.82) is 0 Å². The highest BCUT2D eigenvalue weighted by molar-refractivity contribution is 9.10. The molecule has 1 N–H and O–H groups in total. The van der Waals surface area contributed by atoms with Gasteiger partial charge in [0.25, 0.3) is 0 Å². The lowest BCUT2D eigenvalue weighted by atomic mass is 9.91. The van der Waals surface area contributed by atoms with E-state index in [1.165, 1.54) is 44.1 Å². The number of hydrogen-bond donors (Lipinski definition) is 1. The summed E-state index contributed by atoms with van der Waals surface area (Å²) >= 11 is 3.50. The van der Waals surface area contributed by atoms with Gasteiger partial charge in [0.15, 0.2) is 0 Å². The van der Waals surface area contributed by atoms with Crippen LogP contribution in [0.15, 0.2) is 22.9 Å². The molecule has 100 valence electrons. The second kappa shape index (κ2) is 7.25. The molecule has 2 unspecified atom stereocenters. The smallest absolute Gasteiger partial charge is 0.0410 e. The molecule has 0 spiro atoms. The van der Waals surface area contributed by atoms with Gasteiger partial charge in [0, 0.05) is 22.9 Å². The van der Waals surface area contributed by atoms with Crippen molar-refractivity contribution in [3.05, 3.63) is 28.5 Å². The van der Waals surface area contributed by atoms with E-state index in [4.69, 9.17) is 0 Å². The molecule has 0 aliphatic heterocycles. The van der Waals surface area contributed by atoms with Crippen molar-refractivity contribution >= 4 is 15.9 Å². The average Bonchev–Trinajstić information content (AvgIpc) is 2.55. The highest BCUT2D eigenvalue weighted by Crippen LogP contribution is 2.26. The zero-order valence-electron chi connectivity index (χ0n) is 11.2. The van der Waals surface area contributed by atoms with Crippen LogP contribution >= 0.6 is 15.9 Å².